The van der Waals surface area contributed by atoms with Gasteiger partial charge in [-0.05, 0) is 31.4 Å². The molecule has 1 aliphatic carbocycles. The van der Waals surface area contributed by atoms with Crippen molar-refractivity contribution in [3.8, 4) is 0 Å². The van der Waals surface area contributed by atoms with Gasteiger partial charge in [0, 0.05) is 0 Å². The molecular weight excluding hydrogens is 297 g/mol. The standard InChI is InChI=1S/C14H11F3N4O/c1-7-3-2-4-8-9(7)18-11(22)10-19-20-12(21(8)10)13(5-6-13)14(15,16)17/h2-4H,5-6H2,1H3,(H,18,22). The molecule has 1 saturated carbocycles. The Morgan fingerprint density at radius 2 is 2.00 bits per heavy atom. The van der Waals surface area contributed by atoms with Gasteiger partial charge in [0.05, 0.1) is 11.0 Å². The maximum atomic E-state index is 13.4. The van der Waals surface area contributed by atoms with Gasteiger partial charge >= 0.3 is 6.18 Å². The van der Waals surface area contributed by atoms with E-state index in [9.17, 15) is 18.0 Å². The summed E-state index contributed by atoms with van der Waals surface area (Å²) in [5.74, 6) is -0.197. The molecule has 114 valence electrons. The molecule has 1 aliphatic rings. The van der Waals surface area contributed by atoms with Crippen LogP contribution >= 0.6 is 0 Å². The van der Waals surface area contributed by atoms with E-state index >= 15 is 0 Å². The number of alkyl halides is 3. The molecule has 5 nitrogen and oxygen atoms in total. The lowest BCUT2D eigenvalue weighted by atomic mass is 10.1. The van der Waals surface area contributed by atoms with E-state index in [0.717, 1.165) is 5.56 Å². The van der Waals surface area contributed by atoms with Crippen molar-refractivity contribution < 1.29 is 13.2 Å². The average Bonchev–Trinajstić information content (AvgIpc) is 3.14. The van der Waals surface area contributed by atoms with Crippen LogP contribution in [-0.2, 0) is 5.41 Å². The van der Waals surface area contributed by atoms with Crippen LogP contribution in [0.1, 0.15) is 24.2 Å². The molecule has 8 heteroatoms. The average molecular weight is 308 g/mol. The molecule has 0 bridgehead atoms. The molecular formula is C14H11F3N4O. The maximum absolute atomic E-state index is 13.4. The number of rotatable bonds is 1. The summed E-state index contributed by atoms with van der Waals surface area (Å²) >= 11 is 0. The zero-order valence-corrected chi connectivity index (χ0v) is 11.5. The molecule has 2 aromatic heterocycles. The highest BCUT2D eigenvalue weighted by molar-refractivity contribution is 5.80. The lowest BCUT2D eigenvalue weighted by Gasteiger charge is -2.18. The van der Waals surface area contributed by atoms with Crippen molar-refractivity contribution in [3.63, 3.8) is 0 Å². The minimum atomic E-state index is -4.41. The Morgan fingerprint density at radius 3 is 2.64 bits per heavy atom. The summed E-state index contributed by atoms with van der Waals surface area (Å²) in [5, 5.41) is 7.40. The summed E-state index contributed by atoms with van der Waals surface area (Å²) in [6, 6.07) is 5.17. The monoisotopic (exact) mass is 308 g/mol. The van der Waals surface area contributed by atoms with Crippen molar-refractivity contribution in [2.24, 2.45) is 0 Å². The van der Waals surface area contributed by atoms with Crippen LogP contribution in [0.2, 0.25) is 0 Å². The number of nitrogens with one attached hydrogen (secondary N) is 1. The highest BCUT2D eigenvalue weighted by Gasteiger charge is 2.67. The molecule has 2 heterocycles. The van der Waals surface area contributed by atoms with Crippen molar-refractivity contribution in [2.75, 3.05) is 0 Å². The molecule has 4 rings (SSSR count). The minimum absolute atomic E-state index is 0.0304. The Bertz CT molecular complexity index is 966. The van der Waals surface area contributed by atoms with Crippen molar-refractivity contribution in [1.82, 2.24) is 19.6 Å². The number of para-hydroxylation sites is 1. The SMILES string of the molecule is Cc1cccc2c1[nH]c(=O)c1nnc(C3(C(F)(F)F)CC3)n12. The number of aromatic nitrogens is 4. The molecule has 1 fully saturated rings. The molecule has 3 aromatic rings. The zero-order valence-electron chi connectivity index (χ0n) is 11.5. The third kappa shape index (κ3) is 1.52. The number of nitrogens with zero attached hydrogens (tertiary/aromatic N) is 3. The summed E-state index contributed by atoms with van der Waals surface area (Å²) in [7, 11) is 0. The number of hydrogen-bond acceptors (Lipinski definition) is 3. The fraction of sp³-hybridized carbons (Fsp3) is 0.357. The fourth-order valence-corrected chi connectivity index (χ4v) is 2.90. The van der Waals surface area contributed by atoms with E-state index in [2.05, 4.69) is 15.2 Å². The lowest BCUT2D eigenvalue weighted by molar-refractivity contribution is -0.162. The third-order valence-corrected chi connectivity index (χ3v) is 4.32. The second-order valence-corrected chi connectivity index (χ2v) is 5.69. The van der Waals surface area contributed by atoms with E-state index in [-0.39, 0.29) is 24.3 Å². The van der Waals surface area contributed by atoms with Crippen LogP contribution in [0, 0.1) is 6.92 Å². The first-order valence-electron chi connectivity index (χ1n) is 6.79. The maximum Gasteiger partial charge on any atom is 0.401 e. The first-order chi connectivity index (χ1) is 10.3. The Hall–Kier alpha value is -2.38. The highest BCUT2D eigenvalue weighted by atomic mass is 19.4. The van der Waals surface area contributed by atoms with Gasteiger partial charge in [0.15, 0.2) is 5.82 Å². The Kier molecular flexibility index (Phi) is 2.34. The topological polar surface area (TPSA) is 63.0 Å². The Labute approximate surface area is 121 Å². The molecule has 0 radical (unpaired) electrons. The van der Waals surface area contributed by atoms with Crippen molar-refractivity contribution >= 4 is 16.7 Å². The summed E-state index contributed by atoms with van der Waals surface area (Å²) in [5.41, 5.74) is -0.893. The molecule has 0 atom stereocenters. The second kappa shape index (κ2) is 3.88. The summed E-state index contributed by atoms with van der Waals surface area (Å²) < 4.78 is 41.5. The normalized spacial score (nSPS) is 17.3. The molecule has 1 N–H and O–H groups in total. The molecule has 0 saturated heterocycles. The third-order valence-electron chi connectivity index (χ3n) is 4.32. The van der Waals surface area contributed by atoms with Crippen molar-refractivity contribution in [1.29, 1.82) is 0 Å². The van der Waals surface area contributed by atoms with Gasteiger partial charge in [-0.2, -0.15) is 13.2 Å². The Morgan fingerprint density at radius 1 is 1.27 bits per heavy atom. The smallest absolute Gasteiger partial charge is 0.317 e. The predicted octanol–water partition coefficient (Wildman–Crippen LogP) is 2.47. The molecule has 22 heavy (non-hydrogen) atoms. The van der Waals surface area contributed by atoms with Gasteiger partial charge in [0.25, 0.3) is 5.56 Å². The molecule has 1 aromatic carbocycles. The fourth-order valence-electron chi connectivity index (χ4n) is 2.90. The number of halogens is 3. The molecule has 0 spiro atoms. The summed E-state index contributed by atoms with van der Waals surface area (Å²) in [6.45, 7) is 1.78. The second-order valence-electron chi connectivity index (χ2n) is 5.69. The molecule has 0 amide bonds. The number of fused-ring (bicyclic) bond motifs is 3. The van der Waals surface area contributed by atoms with Gasteiger partial charge in [-0.1, -0.05) is 12.1 Å². The number of hydrogen-bond donors (Lipinski definition) is 1. The van der Waals surface area contributed by atoms with Crippen LogP contribution in [0.25, 0.3) is 16.7 Å². The van der Waals surface area contributed by atoms with E-state index in [4.69, 9.17) is 0 Å². The number of aryl methyl sites for hydroxylation is 1. The van der Waals surface area contributed by atoms with Crippen LogP contribution in [0.5, 0.6) is 0 Å². The van der Waals surface area contributed by atoms with E-state index in [0.29, 0.717) is 11.0 Å². The highest BCUT2D eigenvalue weighted by Crippen LogP contribution is 2.58. The molecule has 0 unspecified atom stereocenters. The van der Waals surface area contributed by atoms with Crippen molar-refractivity contribution in [3.05, 3.63) is 39.9 Å². The number of benzene rings is 1. The van der Waals surface area contributed by atoms with Crippen molar-refractivity contribution in [2.45, 2.75) is 31.4 Å². The lowest BCUT2D eigenvalue weighted by Crippen LogP contribution is -2.31. The quantitative estimate of drug-likeness (QED) is 0.751. The van der Waals surface area contributed by atoms with Crippen LogP contribution in [-0.4, -0.2) is 25.8 Å². The first kappa shape index (κ1) is 13.3. The van der Waals surface area contributed by atoms with Gasteiger partial charge in [0.1, 0.15) is 5.41 Å². The van der Waals surface area contributed by atoms with E-state index in [1.165, 1.54) is 4.40 Å². The summed E-state index contributed by atoms with van der Waals surface area (Å²) in [6.07, 6.45) is -4.47. The number of aromatic amines is 1. The van der Waals surface area contributed by atoms with Crippen LogP contribution < -0.4 is 5.56 Å². The summed E-state index contributed by atoms with van der Waals surface area (Å²) in [4.78, 5) is 14.8. The van der Waals surface area contributed by atoms with Crippen LogP contribution in [0.3, 0.4) is 0 Å². The largest absolute Gasteiger partial charge is 0.401 e. The zero-order chi connectivity index (χ0) is 15.7. The van der Waals surface area contributed by atoms with Crippen LogP contribution in [0.4, 0.5) is 13.2 Å². The van der Waals surface area contributed by atoms with Gasteiger partial charge in [-0.25, -0.2) is 0 Å². The first-order valence-corrected chi connectivity index (χ1v) is 6.79. The Balaban J connectivity index is 2.17. The van der Waals surface area contributed by atoms with Crippen LogP contribution in [0.15, 0.2) is 23.0 Å². The molecule has 0 aliphatic heterocycles. The minimum Gasteiger partial charge on any atom is -0.317 e. The predicted molar refractivity (Wildman–Crippen MR) is 72.8 cm³/mol. The van der Waals surface area contributed by atoms with Gasteiger partial charge in [-0.3, -0.25) is 9.20 Å². The van der Waals surface area contributed by atoms with Gasteiger partial charge in [0.2, 0.25) is 5.65 Å². The van der Waals surface area contributed by atoms with E-state index < -0.39 is 17.2 Å². The van der Waals surface area contributed by atoms with E-state index in [1.807, 2.05) is 0 Å². The van der Waals surface area contributed by atoms with Gasteiger partial charge < -0.3 is 4.98 Å². The van der Waals surface area contributed by atoms with Gasteiger partial charge in [-0.15, -0.1) is 10.2 Å². The van der Waals surface area contributed by atoms with E-state index in [1.54, 1.807) is 25.1 Å². The number of H-pyrrole nitrogens is 1.